The molecule has 0 saturated carbocycles. The van der Waals surface area contributed by atoms with Crippen molar-refractivity contribution in [2.45, 2.75) is 45.1 Å². The molecule has 1 atom stereocenters. The minimum atomic E-state index is -0.0843. The van der Waals surface area contributed by atoms with Gasteiger partial charge in [-0.05, 0) is 37.0 Å². The summed E-state index contributed by atoms with van der Waals surface area (Å²) in [5, 5.41) is 11.6. The highest BCUT2D eigenvalue weighted by molar-refractivity contribution is 7.98. The zero-order valence-electron chi connectivity index (χ0n) is 13.3. The Hall–Kier alpha value is -1.56. The van der Waals surface area contributed by atoms with Crippen LogP contribution in [0, 0.1) is 0 Å². The number of nitrogens with one attached hydrogen (secondary N) is 1. The molecule has 0 bridgehead atoms. The van der Waals surface area contributed by atoms with E-state index in [1.165, 1.54) is 0 Å². The van der Waals surface area contributed by atoms with Crippen LogP contribution < -0.4 is 5.32 Å². The highest BCUT2D eigenvalue weighted by Gasteiger charge is 2.19. The van der Waals surface area contributed by atoms with Crippen LogP contribution in [0.2, 0.25) is 0 Å². The van der Waals surface area contributed by atoms with Crippen LogP contribution >= 0.6 is 11.8 Å². The van der Waals surface area contributed by atoms with E-state index in [1.807, 2.05) is 28.8 Å². The number of pyridine rings is 1. The lowest BCUT2D eigenvalue weighted by Crippen LogP contribution is -2.30. The van der Waals surface area contributed by atoms with Crippen molar-refractivity contribution in [2.75, 3.05) is 12.0 Å². The Bertz CT molecular complexity index is 599. The summed E-state index contributed by atoms with van der Waals surface area (Å²) < 4.78 is 1.96. The number of thioether (sulfide) groups is 1. The van der Waals surface area contributed by atoms with E-state index in [9.17, 15) is 4.79 Å². The van der Waals surface area contributed by atoms with E-state index >= 15 is 0 Å². The zero-order valence-corrected chi connectivity index (χ0v) is 14.1. The SMILES string of the molecule is CCCCCC(=O)NC(CCSC)c1nnc2ccccn12. The molecule has 2 rings (SSSR count). The molecule has 2 heterocycles. The third kappa shape index (κ3) is 4.47. The first-order valence-electron chi connectivity index (χ1n) is 7.84. The van der Waals surface area contributed by atoms with Gasteiger partial charge in [0.15, 0.2) is 11.5 Å². The normalized spacial score (nSPS) is 12.5. The van der Waals surface area contributed by atoms with E-state index in [2.05, 4.69) is 28.7 Å². The summed E-state index contributed by atoms with van der Waals surface area (Å²) in [6.45, 7) is 2.14. The molecule has 0 aliphatic rings. The Morgan fingerprint density at radius 3 is 3.00 bits per heavy atom. The zero-order chi connectivity index (χ0) is 15.8. The molecular formula is C16H24N4OS. The Morgan fingerprint density at radius 1 is 1.36 bits per heavy atom. The predicted octanol–water partition coefficient (Wildman–Crippen LogP) is 3.22. The number of unbranched alkanes of at least 4 members (excludes halogenated alkanes) is 2. The van der Waals surface area contributed by atoms with E-state index < -0.39 is 0 Å². The lowest BCUT2D eigenvalue weighted by molar-refractivity contribution is -0.122. The molecule has 2 aromatic rings. The van der Waals surface area contributed by atoms with Gasteiger partial charge in [0.25, 0.3) is 0 Å². The van der Waals surface area contributed by atoms with Gasteiger partial charge in [0.1, 0.15) is 0 Å². The number of nitrogens with zero attached hydrogens (tertiary/aromatic N) is 3. The number of rotatable bonds is 9. The molecule has 0 aliphatic heterocycles. The summed E-state index contributed by atoms with van der Waals surface area (Å²) in [6, 6.07) is 5.73. The molecule has 1 unspecified atom stereocenters. The second-order valence-electron chi connectivity index (χ2n) is 5.35. The topological polar surface area (TPSA) is 59.3 Å². The molecule has 120 valence electrons. The van der Waals surface area contributed by atoms with Gasteiger partial charge >= 0.3 is 0 Å². The third-order valence-corrected chi connectivity index (χ3v) is 4.25. The van der Waals surface area contributed by atoms with Gasteiger partial charge in [-0.3, -0.25) is 9.20 Å². The number of aromatic nitrogens is 3. The van der Waals surface area contributed by atoms with Crippen molar-refractivity contribution in [3.05, 3.63) is 30.2 Å². The van der Waals surface area contributed by atoms with Crippen LogP contribution in [-0.4, -0.2) is 32.5 Å². The Morgan fingerprint density at radius 2 is 2.23 bits per heavy atom. The maximum Gasteiger partial charge on any atom is 0.220 e. The maximum atomic E-state index is 12.1. The van der Waals surface area contributed by atoms with Gasteiger partial charge in [0, 0.05) is 12.6 Å². The number of carbonyl (C=O) groups is 1. The van der Waals surface area contributed by atoms with Gasteiger partial charge in [-0.15, -0.1) is 10.2 Å². The average Bonchev–Trinajstić information content (AvgIpc) is 2.95. The van der Waals surface area contributed by atoms with Crippen LogP contribution in [0.4, 0.5) is 0 Å². The molecule has 1 N–H and O–H groups in total. The standard InChI is InChI=1S/C16H24N4OS/c1-3-4-5-9-15(21)17-13(10-12-22-2)16-19-18-14-8-6-7-11-20(14)16/h6-8,11,13H,3-5,9-10,12H2,1-2H3,(H,17,21). The molecule has 6 heteroatoms. The van der Waals surface area contributed by atoms with E-state index in [0.29, 0.717) is 6.42 Å². The quantitative estimate of drug-likeness (QED) is 0.721. The molecule has 0 fully saturated rings. The van der Waals surface area contributed by atoms with Gasteiger partial charge in [-0.25, -0.2) is 0 Å². The van der Waals surface area contributed by atoms with Crippen molar-refractivity contribution in [3.8, 4) is 0 Å². The number of carbonyl (C=O) groups excluding carboxylic acids is 1. The van der Waals surface area contributed by atoms with E-state index in [0.717, 1.165) is 42.9 Å². The van der Waals surface area contributed by atoms with Crippen molar-refractivity contribution in [1.82, 2.24) is 19.9 Å². The molecule has 2 aromatic heterocycles. The molecular weight excluding hydrogens is 296 g/mol. The average molecular weight is 320 g/mol. The fourth-order valence-corrected chi connectivity index (χ4v) is 2.87. The van der Waals surface area contributed by atoms with Crippen molar-refractivity contribution in [3.63, 3.8) is 0 Å². The first kappa shape index (κ1) is 16.8. The monoisotopic (exact) mass is 320 g/mol. The molecule has 22 heavy (non-hydrogen) atoms. The van der Waals surface area contributed by atoms with Gasteiger partial charge in [-0.1, -0.05) is 25.8 Å². The molecule has 0 aliphatic carbocycles. The smallest absolute Gasteiger partial charge is 0.220 e. The largest absolute Gasteiger partial charge is 0.346 e. The van der Waals surface area contributed by atoms with Crippen molar-refractivity contribution < 1.29 is 4.79 Å². The Balaban J connectivity index is 2.10. The van der Waals surface area contributed by atoms with Gasteiger partial charge in [0.05, 0.1) is 6.04 Å². The first-order valence-corrected chi connectivity index (χ1v) is 9.23. The summed E-state index contributed by atoms with van der Waals surface area (Å²) in [5.41, 5.74) is 0.812. The Labute approximate surface area is 135 Å². The molecule has 0 radical (unpaired) electrons. The van der Waals surface area contributed by atoms with Crippen LogP contribution in [0.5, 0.6) is 0 Å². The number of fused-ring (bicyclic) bond motifs is 1. The number of hydrogen-bond donors (Lipinski definition) is 1. The molecule has 5 nitrogen and oxygen atoms in total. The highest BCUT2D eigenvalue weighted by Crippen LogP contribution is 2.18. The molecule has 0 aromatic carbocycles. The van der Waals surface area contributed by atoms with Crippen LogP contribution in [0.1, 0.15) is 50.9 Å². The molecule has 0 spiro atoms. The summed E-state index contributed by atoms with van der Waals surface area (Å²) >= 11 is 1.77. The minimum absolute atomic E-state index is 0.0843. The number of hydrogen-bond acceptors (Lipinski definition) is 4. The third-order valence-electron chi connectivity index (χ3n) is 3.61. The summed E-state index contributed by atoms with van der Waals surface area (Å²) in [5.74, 6) is 1.89. The van der Waals surface area contributed by atoms with Gasteiger partial charge < -0.3 is 5.32 Å². The van der Waals surface area contributed by atoms with Gasteiger partial charge in [0.2, 0.25) is 5.91 Å². The lowest BCUT2D eigenvalue weighted by atomic mass is 10.1. The first-order chi connectivity index (χ1) is 10.8. The van der Waals surface area contributed by atoms with Crippen molar-refractivity contribution >= 4 is 23.3 Å². The fourth-order valence-electron chi connectivity index (χ4n) is 2.40. The second kappa shape index (κ2) is 8.78. The second-order valence-corrected chi connectivity index (χ2v) is 6.33. The van der Waals surface area contributed by atoms with Crippen molar-refractivity contribution in [1.29, 1.82) is 0 Å². The molecule has 0 saturated heterocycles. The van der Waals surface area contributed by atoms with E-state index in [-0.39, 0.29) is 11.9 Å². The van der Waals surface area contributed by atoms with Crippen molar-refractivity contribution in [2.24, 2.45) is 0 Å². The van der Waals surface area contributed by atoms with Crippen LogP contribution in [0.3, 0.4) is 0 Å². The van der Waals surface area contributed by atoms with Crippen LogP contribution in [-0.2, 0) is 4.79 Å². The summed E-state index contributed by atoms with van der Waals surface area (Å²) in [6.07, 6.45) is 8.62. The van der Waals surface area contributed by atoms with E-state index in [4.69, 9.17) is 0 Å². The predicted molar refractivity (Wildman–Crippen MR) is 91.0 cm³/mol. The van der Waals surface area contributed by atoms with E-state index in [1.54, 1.807) is 11.8 Å². The maximum absolute atomic E-state index is 12.1. The summed E-state index contributed by atoms with van der Waals surface area (Å²) in [4.78, 5) is 12.1. The molecule has 1 amide bonds. The number of amides is 1. The fraction of sp³-hybridized carbons (Fsp3) is 0.562. The minimum Gasteiger partial charge on any atom is -0.346 e. The summed E-state index contributed by atoms with van der Waals surface area (Å²) in [7, 11) is 0. The van der Waals surface area contributed by atoms with Crippen LogP contribution in [0.15, 0.2) is 24.4 Å². The lowest BCUT2D eigenvalue weighted by Gasteiger charge is -2.17. The van der Waals surface area contributed by atoms with Crippen LogP contribution in [0.25, 0.3) is 5.65 Å². The van der Waals surface area contributed by atoms with Gasteiger partial charge in [-0.2, -0.15) is 11.8 Å². The Kier molecular flexibility index (Phi) is 6.71. The highest BCUT2D eigenvalue weighted by atomic mass is 32.2.